The van der Waals surface area contributed by atoms with Crippen molar-refractivity contribution >= 4 is 10.2 Å². The molecule has 2 atom stereocenters. The lowest BCUT2D eigenvalue weighted by atomic mass is 9.94. The highest BCUT2D eigenvalue weighted by Crippen LogP contribution is 2.22. The van der Waals surface area contributed by atoms with Crippen molar-refractivity contribution in [2.75, 3.05) is 19.6 Å². The second-order valence-corrected chi connectivity index (χ2v) is 6.80. The van der Waals surface area contributed by atoms with Crippen molar-refractivity contribution in [2.24, 2.45) is 11.8 Å². The zero-order chi connectivity index (χ0) is 12.3. The first-order chi connectivity index (χ1) is 7.31. The topological polar surface area (TPSA) is 49.4 Å². The van der Waals surface area contributed by atoms with Crippen LogP contribution in [0.5, 0.6) is 0 Å². The predicted molar refractivity (Wildman–Crippen MR) is 66.3 cm³/mol. The molecule has 0 aliphatic carbocycles. The molecule has 0 aromatic carbocycles. The molecule has 1 rings (SSSR count). The van der Waals surface area contributed by atoms with Crippen LogP contribution in [0.3, 0.4) is 0 Å². The number of nitrogens with zero attached hydrogens (tertiary/aromatic N) is 1. The molecule has 94 valence electrons. The zero-order valence-electron chi connectivity index (χ0n) is 10.4. The standard InChI is InChI=1S/C11H22N2O2S/c1-9(2)6-12-16(14,15)13-7-10(3)5-11(4)8-13/h10-12H,1,5-8H2,2-4H3. The van der Waals surface area contributed by atoms with Gasteiger partial charge in [-0.1, -0.05) is 26.0 Å². The Morgan fingerprint density at radius 1 is 1.38 bits per heavy atom. The third kappa shape index (κ3) is 3.88. The summed E-state index contributed by atoms with van der Waals surface area (Å²) in [6, 6.07) is 0. The van der Waals surface area contributed by atoms with E-state index in [9.17, 15) is 8.42 Å². The maximum absolute atomic E-state index is 12.0. The Kier molecular flexibility index (Phi) is 4.52. The Morgan fingerprint density at radius 3 is 2.31 bits per heavy atom. The Balaban J connectivity index is 2.64. The summed E-state index contributed by atoms with van der Waals surface area (Å²) in [4.78, 5) is 0. The maximum Gasteiger partial charge on any atom is 0.279 e. The summed E-state index contributed by atoms with van der Waals surface area (Å²) in [6.07, 6.45) is 1.10. The van der Waals surface area contributed by atoms with Crippen LogP contribution in [0.2, 0.25) is 0 Å². The van der Waals surface area contributed by atoms with Gasteiger partial charge in [0.25, 0.3) is 10.2 Å². The van der Waals surface area contributed by atoms with E-state index < -0.39 is 10.2 Å². The average molecular weight is 246 g/mol. The van der Waals surface area contributed by atoms with Gasteiger partial charge in [-0.3, -0.25) is 0 Å². The van der Waals surface area contributed by atoms with Gasteiger partial charge in [-0.05, 0) is 25.2 Å². The number of hydrogen-bond donors (Lipinski definition) is 1. The smallest absolute Gasteiger partial charge is 0.198 e. The highest BCUT2D eigenvalue weighted by atomic mass is 32.2. The van der Waals surface area contributed by atoms with Crippen molar-refractivity contribution in [3.63, 3.8) is 0 Å². The average Bonchev–Trinajstić information content (AvgIpc) is 2.13. The van der Waals surface area contributed by atoms with Crippen molar-refractivity contribution in [1.82, 2.24) is 9.03 Å². The summed E-state index contributed by atoms with van der Waals surface area (Å²) in [6.45, 7) is 11.2. The van der Waals surface area contributed by atoms with Gasteiger partial charge in [-0.2, -0.15) is 17.4 Å². The van der Waals surface area contributed by atoms with Crippen LogP contribution in [-0.2, 0) is 10.2 Å². The van der Waals surface area contributed by atoms with Gasteiger partial charge in [0.2, 0.25) is 0 Å². The summed E-state index contributed by atoms with van der Waals surface area (Å²) in [5, 5.41) is 0. The monoisotopic (exact) mass is 246 g/mol. The number of nitrogens with one attached hydrogen (secondary N) is 1. The molecule has 1 heterocycles. The van der Waals surface area contributed by atoms with E-state index in [1.54, 1.807) is 4.31 Å². The molecule has 0 aromatic heterocycles. The van der Waals surface area contributed by atoms with E-state index in [1.807, 2.05) is 6.92 Å². The molecule has 4 nitrogen and oxygen atoms in total. The lowest BCUT2D eigenvalue weighted by Crippen LogP contribution is -2.48. The molecule has 1 saturated heterocycles. The molecule has 1 fully saturated rings. The van der Waals surface area contributed by atoms with Crippen molar-refractivity contribution in [3.8, 4) is 0 Å². The Morgan fingerprint density at radius 2 is 1.88 bits per heavy atom. The fourth-order valence-electron chi connectivity index (χ4n) is 2.11. The van der Waals surface area contributed by atoms with E-state index in [2.05, 4.69) is 25.1 Å². The molecule has 2 unspecified atom stereocenters. The Hall–Kier alpha value is -0.390. The molecule has 16 heavy (non-hydrogen) atoms. The molecular weight excluding hydrogens is 224 g/mol. The molecule has 0 saturated carbocycles. The molecule has 1 aliphatic rings. The SMILES string of the molecule is C=C(C)CNS(=O)(=O)N1CC(C)CC(C)C1. The highest BCUT2D eigenvalue weighted by Gasteiger charge is 2.29. The van der Waals surface area contributed by atoms with Gasteiger partial charge in [-0.25, -0.2) is 0 Å². The minimum Gasteiger partial charge on any atom is -0.198 e. The Bertz CT molecular complexity index is 341. The van der Waals surface area contributed by atoms with E-state index in [-0.39, 0.29) is 0 Å². The molecule has 0 radical (unpaired) electrons. The molecule has 1 aliphatic heterocycles. The molecule has 0 aromatic rings. The normalized spacial score (nSPS) is 27.9. The van der Waals surface area contributed by atoms with Gasteiger partial charge >= 0.3 is 0 Å². The fourth-order valence-corrected chi connectivity index (χ4v) is 3.62. The van der Waals surface area contributed by atoms with Crippen LogP contribution in [0.1, 0.15) is 27.2 Å². The van der Waals surface area contributed by atoms with Crippen LogP contribution < -0.4 is 4.72 Å². The zero-order valence-corrected chi connectivity index (χ0v) is 11.2. The Labute approximate surface area is 98.9 Å². The second kappa shape index (κ2) is 5.29. The quantitative estimate of drug-likeness (QED) is 0.762. The summed E-state index contributed by atoms with van der Waals surface area (Å²) < 4.78 is 28.0. The van der Waals surface area contributed by atoms with E-state index >= 15 is 0 Å². The van der Waals surface area contributed by atoms with Crippen LogP contribution in [0.25, 0.3) is 0 Å². The van der Waals surface area contributed by atoms with Crippen LogP contribution >= 0.6 is 0 Å². The minimum atomic E-state index is -3.32. The first kappa shape index (κ1) is 13.7. The van der Waals surface area contributed by atoms with Gasteiger partial charge in [0, 0.05) is 19.6 Å². The third-order valence-electron chi connectivity index (χ3n) is 2.73. The second-order valence-electron chi connectivity index (χ2n) is 5.05. The van der Waals surface area contributed by atoms with Gasteiger partial charge in [-0.15, -0.1) is 0 Å². The van der Waals surface area contributed by atoms with Gasteiger partial charge in [0.1, 0.15) is 0 Å². The molecule has 0 bridgehead atoms. The van der Waals surface area contributed by atoms with E-state index in [0.29, 0.717) is 31.5 Å². The van der Waals surface area contributed by atoms with Crippen LogP contribution in [0, 0.1) is 11.8 Å². The summed E-state index contributed by atoms with van der Waals surface area (Å²) in [5.41, 5.74) is 0.821. The van der Waals surface area contributed by atoms with Crippen molar-refractivity contribution in [1.29, 1.82) is 0 Å². The first-order valence-corrected chi connectivity index (χ1v) is 7.14. The predicted octanol–water partition coefficient (Wildman–Crippen LogP) is 1.37. The fraction of sp³-hybridized carbons (Fsp3) is 0.818. The third-order valence-corrected chi connectivity index (χ3v) is 4.22. The van der Waals surface area contributed by atoms with E-state index in [0.717, 1.165) is 12.0 Å². The number of hydrogen-bond acceptors (Lipinski definition) is 2. The van der Waals surface area contributed by atoms with E-state index in [1.165, 1.54) is 0 Å². The molecule has 5 heteroatoms. The van der Waals surface area contributed by atoms with Crippen molar-refractivity contribution in [2.45, 2.75) is 27.2 Å². The van der Waals surface area contributed by atoms with Gasteiger partial charge in [0.05, 0.1) is 0 Å². The van der Waals surface area contributed by atoms with Gasteiger partial charge < -0.3 is 0 Å². The van der Waals surface area contributed by atoms with Crippen LogP contribution in [0.15, 0.2) is 12.2 Å². The molecular formula is C11H22N2O2S. The highest BCUT2D eigenvalue weighted by molar-refractivity contribution is 7.87. The largest absolute Gasteiger partial charge is 0.279 e. The molecule has 0 spiro atoms. The summed E-state index contributed by atoms with van der Waals surface area (Å²) in [5.74, 6) is 0.871. The maximum atomic E-state index is 12.0. The van der Waals surface area contributed by atoms with Crippen LogP contribution in [0.4, 0.5) is 0 Å². The lowest BCUT2D eigenvalue weighted by Gasteiger charge is -2.33. The summed E-state index contributed by atoms with van der Waals surface area (Å²) in [7, 11) is -3.32. The number of rotatable bonds is 4. The summed E-state index contributed by atoms with van der Waals surface area (Å²) >= 11 is 0. The van der Waals surface area contributed by atoms with Crippen LogP contribution in [-0.4, -0.2) is 32.4 Å². The van der Waals surface area contributed by atoms with Crippen molar-refractivity contribution in [3.05, 3.63) is 12.2 Å². The van der Waals surface area contributed by atoms with Crippen molar-refractivity contribution < 1.29 is 8.42 Å². The first-order valence-electron chi connectivity index (χ1n) is 5.70. The van der Waals surface area contributed by atoms with Gasteiger partial charge in [0.15, 0.2) is 0 Å². The molecule has 0 amide bonds. The lowest BCUT2D eigenvalue weighted by molar-refractivity contribution is 0.221. The number of piperidine rings is 1. The minimum absolute atomic E-state index is 0.321. The van der Waals surface area contributed by atoms with E-state index in [4.69, 9.17) is 0 Å². The molecule has 1 N–H and O–H groups in total.